The van der Waals surface area contributed by atoms with Crippen molar-refractivity contribution in [1.82, 2.24) is 0 Å². The first-order valence-corrected chi connectivity index (χ1v) is 9.50. The summed E-state index contributed by atoms with van der Waals surface area (Å²) in [7, 11) is 0. The van der Waals surface area contributed by atoms with E-state index >= 15 is 0 Å². The Morgan fingerprint density at radius 2 is 1.73 bits per heavy atom. The highest BCUT2D eigenvalue weighted by Crippen LogP contribution is 2.26. The summed E-state index contributed by atoms with van der Waals surface area (Å²) in [6, 6.07) is 18.8. The summed E-state index contributed by atoms with van der Waals surface area (Å²) in [6.07, 6.45) is 0. The van der Waals surface area contributed by atoms with Crippen LogP contribution in [0.15, 0.2) is 71.6 Å². The third-order valence-corrected chi connectivity index (χ3v) is 5.25. The Kier molecular flexibility index (Phi) is 6.20. The van der Waals surface area contributed by atoms with Crippen LogP contribution in [0.2, 0.25) is 10.0 Å². The molecule has 0 aliphatic rings. The molecule has 132 valence electrons. The standard InChI is InChI=1S/C20H14Cl2FNOS/c21-14-5-10-17(18(22)11-14)20(25)24-15-6-8-16(9-7-15)26-12-13-3-1-2-4-19(13)23/h1-11H,12H2,(H,24,25). The van der Waals surface area contributed by atoms with Crippen molar-refractivity contribution in [2.24, 2.45) is 0 Å². The third kappa shape index (κ3) is 4.79. The van der Waals surface area contributed by atoms with Gasteiger partial charge in [0, 0.05) is 21.4 Å². The van der Waals surface area contributed by atoms with E-state index in [1.807, 2.05) is 18.2 Å². The van der Waals surface area contributed by atoms with Crippen LogP contribution in [0.4, 0.5) is 10.1 Å². The average molecular weight is 406 g/mol. The van der Waals surface area contributed by atoms with Crippen LogP contribution < -0.4 is 5.32 Å². The predicted molar refractivity (Wildman–Crippen MR) is 107 cm³/mol. The van der Waals surface area contributed by atoms with Crippen LogP contribution in [-0.4, -0.2) is 5.91 Å². The fourth-order valence-electron chi connectivity index (χ4n) is 2.28. The van der Waals surface area contributed by atoms with Gasteiger partial charge in [0.15, 0.2) is 0 Å². The summed E-state index contributed by atoms with van der Waals surface area (Å²) in [6.45, 7) is 0. The molecule has 0 saturated heterocycles. The average Bonchev–Trinajstić information content (AvgIpc) is 2.62. The van der Waals surface area contributed by atoms with E-state index in [9.17, 15) is 9.18 Å². The Morgan fingerprint density at radius 3 is 2.42 bits per heavy atom. The monoisotopic (exact) mass is 405 g/mol. The predicted octanol–water partition coefficient (Wildman–Crippen LogP) is 6.68. The van der Waals surface area contributed by atoms with Crippen LogP contribution in [0.5, 0.6) is 0 Å². The van der Waals surface area contributed by atoms with Gasteiger partial charge in [0.05, 0.1) is 10.6 Å². The molecule has 0 aromatic heterocycles. The number of rotatable bonds is 5. The van der Waals surface area contributed by atoms with Gasteiger partial charge in [-0.2, -0.15) is 0 Å². The normalized spacial score (nSPS) is 10.6. The molecule has 0 aliphatic carbocycles. The van der Waals surface area contributed by atoms with Gasteiger partial charge in [0.25, 0.3) is 5.91 Å². The summed E-state index contributed by atoms with van der Waals surface area (Å²) in [5.41, 5.74) is 1.66. The number of carbonyl (C=O) groups is 1. The van der Waals surface area contributed by atoms with E-state index in [1.54, 1.807) is 36.4 Å². The van der Waals surface area contributed by atoms with Crippen molar-refractivity contribution in [2.45, 2.75) is 10.6 Å². The van der Waals surface area contributed by atoms with E-state index in [4.69, 9.17) is 23.2 Å². The van der Waals surface area contributed by atoms with Gasteiger partial charge < -0.3 is 5.32 Å². The largest absolute Gasteiger partial charge is 0.322 e. The number of carbonyl (C=O) groups excluding carboxylic acids is 1. The van der Waals surface area contributed by atoms with Crippen molar-refractivity contribution < 1.29 is 9.18 Å². The Morgan fingerprint density at radius 1 is 1.00 bits per heavy atom. The number of amides is 1. The molecule has 26 heavy (non-hydrogen) atoms. The van der Waals surface area contributed by atoms with Gasteiger partial charge in [-0.3, -0.25) is 4.79 Å². The Hall–Kier alpha value is -2.01. The van der Waals surface area contributed by atoms with Crippen molar-refractivity contribution in [3.05, 3.63) is 93.7 Å². The van der Waals surface area contributed by atoms with Gasteiger partial charge in [-0.1, -0.05) is 41.4 Å². The third-order valence-electron chi connectivity index (χ3n) is 3.64. The maximum absolute atomic E-state index is 13.6. The maximum Gasteiger partial charge on any atom is 0.257 e. The minimum absolute atomic E-state index is 0.205. The summed E-state index contributed by atoms with van der Waals surface area (Å²) in [5.74, 6) is 0.0285. The molecule has 1 amide bonds. The number of thioether (sulfide) groups is 1. The minimum Gasteiger partial charge on any atom is -0.322 e. The quantitative estimate of drug-likeness (QED) is 0.479. The molecule has 0 radical (unpaired) electrons. The summed E-state index contributed by atoms with van der Waals surface area (Å²) in [5, 5.41) is 3.57. The molecule has 0 fully saturated rings. The second-order valence-corrected chi connectivity index (χ2v) is 7.38. The number of hydrogen-bond acceptors (Lipinski definition) is 2. The lowest BCUT2D eigenvalue weighted by molar-refractivity contribution is 0.102. The van der Waals surface area contributed by atoms with Crippen LogP contribution in [0.1, 0.15) is 15.9 Å². The van der Waals surface area contributed by atoms with Crippen LogP contribution in [0.25, 0.3) is 0 Å². The second kappa shape index (κ2) is 8.58. The van der Waals surface area contributed by atoms with Crippen LogP contribution in [0.3, 0.4) is 0 Å². The van der Waals surface area contributed by atoms with Crippen molar-refractivity contribution >= 4 is 46.6 Å². The SMILES string of the molecule is O=C(Nc1ccc(SCc2ccccc2F)cc1)c1ccc(Cl)cc1Cl. The maximum atomic E-state index is 13.6. The second-order valence-electron chi connectivity index (χ2n) is 5.48. The molecule has 0 spiro atoms. The first-order valence-electron chi connectivity index (χ1n) is 7.75. The molecule has 0 bridgehead atoms. The van der Waals surface area contributed by atoms with Gasteiger partial charge in [0.1, 0.15) is 5.82 Å². The highest BCUT2D eigenvalue weighted by Gasteiger charge is 2.11. The topological polar surface area (TPSA) is 29.1 Å². The Balaban J connectivity index is 1.62. The Bertz CT molecular complexity index is 931. The molecule has 0 atom stereocenters. The van der Waals surface area contributed by atoms with Gasteiger partial charge in [-0.05, 0) is 54.1 Å². The van der Waals surface area contributed by atoms with Gasteiger partial charge in [-0.25, -0.2) is 4.39 Å². The number of halogens is 3. The molecule has 0 saturated carbocycles. The molecule has 6 heteroatoms. The summed E-state index contributed by atoms with van der Waals surface area (Å²) >= 11 is 13.4. The molecule has 1 N–H and O–H groups in total. The zero-order valence-corrected chi connectivity index (χ0v) is 15.8. The molecule has 0 aliphatic heterocycles. The lowest BCUT2D eigenvalue weighted by Crippen LogP contribution is -2.12. The van der Waals surface area contributed by atoms with Crippen molar-refractivity contribution in [3.8, 4) is 0 Å². The highest BCUT2D eigenvalue weighted by molar-refractivity contribution is 7.98. The van der Waals surface area contributed by atoms with Crippen LogP contribution in [0, 0.1) is 5.82 Å². The summed E-state index contributed by atoms with van der Waals surface area (Å²) in [4.78, 5) is 13.3. The molecule has 0 unspecified atom stereocenters. The molecular weight excluding hydrogens is 392 g/mol. The van der Waals surface area contributed by atoms with E-state index in [0.717, 1.165) is 4.90 Å². The smallest absolute Gasteiger partial charge is 0.257 e. The van der Waals surface area contributed by atoms with E-state index < -0.39 is 0 Å². The minimum atomic E-state index is -0.307. The fourth-order valence-corrected chi connectivity index (χ4v) is 3.66. The van der Waals surface area contributed by atoms with E-state index in [0.29, 0.717) is 32.6 Å². The zero-order chi connectivity index (χ0) is 18.5. The summed E-state index contributed by atoms with van der Waals surface area (Å²) < 4.78 is 13.6. The van der Waals surface area contributed by atoms with Gasteiger partial charge in [-0.15, -0.1) is 11.8 Å². The first-order chi connectivity index (χ1) is 12.5. The highest BCUT2D eigenvalue weighted by atomic mass is 35.5. The van der Waals surface area contributed by atoms with Gasteiger partial charge >= 0.3 is 0 Å². The molecule has 2 nitrogen and oxygen atoms in total. The Labute approximate surface area is 165 Å². The van der Waals surface area contributed by atoms with E-state index in [2.05, 4.69) is 5.32 Å². The van der Waals surface area contributed by atoms with Crippen LogP contribution in [-0.2, 0) is 5.75 Å². The van der Waals surface area contributed by atoms with E-state index in [1.165, 1.54) is 23.9 Å². The number of hydrogen-bond donors (Lipinski definition) is 1. The number of benzene rings is 3. The van der Waals surface area contributed by atoms with Gasteiger partial charge in [0.2, 0.25) is 0 Å². The van der Waals surface area contributed by atoms with Crippen molar-refractivity contribution in [1.29, 1.82) is 0 Å². The zero-order valence-electron chi connectivity index (χ0n) is 13.5. The number of anilines is 1. The lowest BCUT2D eigenvalue weighted by atomic mass is 10.2. The molecule has 0 heterocycles. The van der Waals surface area contributed by atoms with Crippen LogP contribution >= 0.6 is 35.0 Å². The molecule has 3 aromatic rings. The lowest BCUT2D eigenvalue weighted by Gasteiger charge is -2.08. The van der Waals surface area contributed by atoms with E-state index in [-0.39, 0.29) is 11.7 Å². The molecular formula is C20H14Cl2FNOS. The first kappa shape index (κ1) is 18.8. The van der Waals surface area contributed by atoms with Crippen molar-refractivity contribution in [3.63, 3.8) is 0 Å². The van der Waals surface area contributed by atoms with Crippen molar-refractivity contribution in [2.75, 3.05) is 5.32 Å². The molecule has 3 aromatic carbocycles. The molecule has 3 rings (SSSR count). The number of nitrogens with one attached hydrogen (secondary N) is 1. The fraction of sp³-hybridized carbons (Fsp3) is 0.0500.